The summed E-state index contributed by atoms with van der Waals surface area (Å²) in [4.78, 5) is 16.1. The Morgan fingerprint density at radius 2 is 2.17 bits per heavy atom. The quantitative estimate of drug-likeness (QED) is 0.853. The Morgan fingerprint density at radius 1 is 1.39 bits per heavy atom. The zero-order valence-corrected chi connectivity index (χ0v) is 14.1. The van der Waals surface area contributed by atoms with Crippen molar-refractivity contribution < 1.29 is 9.90 Å². The van der Waals surface area contributed by atoms with Gasteiger partial charge in [-0.1, -0.05) is 17.7 Å². The Morgan fingerprint density at radius 3 is 2.70 bits per heavy atom. The maximum absolute atomic E-state index is 10.1. The highest BCUT2D eigenvalue weighted by Crippen LogP contribution is 2.30. The standard InChI is InChI=1S/C12H17NO.C6H4ClNO/c1-9-7-11(14)3-4-12(9)10-5-6-13(2)8-10;7-5-2-1-3-8-6(5)4-9/h3-4,7,10,14H,5-6,8H2,1-2H3;1-4H. The number of nitrogens with zero attached hydrogens (tertiary/aromatic N) is 2. The molecule has 122 valence electrons. The summed E-state index contributed by atoms with van der Waals surface area (Å²) in [6.45, 7) is 4.41. The molecule has 0 spiro atoms. The number of rotatable bonds is 2. The summed E-state index contributed by atoms with van der Waals surface area (Å²) in [5.41, 5.74) is 2.90. The summed E-state index contributed by atoms with van der Waals surface area (Å²) in [6.07, 6.45) is 3.39. The second kappa shape index (κ2) is 8.09. The number of aldehydes is 1. The normalized spacial score (nSPS) is 17.4. The lowest BCUT2D eigenvalue weighted by Crippen LogP contribution is -2.13. The third-order valence-electron chi connectivity index (χ3n) is 3.98. The number of aromatic hydroxyl groups is 1. The van der Waals surface area contributed by atoms with Crippen LogP contribution in [0.2, 0.25) is 5.02 Å². The molecule has 1 saturated heterocycles. The van der Waals surface area contributed by atoms with Crippen molar-refractivity contribution in [2.24, 2.45) is 0 Å². The Labute approximate surface area is 141 Å². The predicted molar refractivity (Wildman–Crippen MR) is 92.3 cm³/mol. The molecule has 0 saturated carbocycles. The minimum absolute atomic E-state index is 0.291. The maximum Gasteiger partial charge on any atom is 0.169 e. The van der Waals surface area contributed by atoms with Gasteiger partial charge in [-0.2, -0.15) is 0 Å². The van der Waals surface area contributed by atoms with E-state index in [0.29, 0.717) is 28.7 Å². The number of phenols is 1. The summed E-state index contributed by atoms with van der Waals surface area (Å²) in [6, 6.07) is 9.01. The summed E-state index contributed by atoms with van der Waals surface area (Å²) < 4.78 is 0. The van der Waals surface area contributed by atoms with Crippen LogP contribution in [0.25, 0.3) is 0 Å². The van der Waals surface area contributed by atoms with Crippen LogP contribution in [-0.4, -0.2) is 41.4 Å². The molecular formula is C18H21ClN2O2. The minimum atomic E-state index is 0.291. The fraction of sp³-hybridized carbons (Fsp3) is 0.333. The Kier molecular flexibility index (Phi) is 6.13. The third kappa shape index (κ3) is 4.78. The first-order valence-electron chi connectivity index (χ1n) is 7.55. The Balaban J connectivity index is 0.000000185. The van der Waals surface area contributed by atoms with Gasteiger partial charge in [0.05, 0.1) is 5.02 Å². The average molecular weight is 333 g/mol. The van der Waals surface area contributed by atoms with E-state index >= 15 is 0 Å². The Bertz CT molecular complexity index is 676. The van der Waals surface area contributed by atoms with Gasteiger partial charge in [0, 0.05) is 12.7 Å². The van der Waals surface area contributed by atoms with E-state index in [1.165, 1.54) is 30.3 Å². The first kappa shape index (κ1) is 17.4. The number of carbonyl (C=O) groups is 1. The first-order chi connectivity index (χ1) is 11.0. The highest BCUT2D eigenvalue weighted by atomic mass is 35.5. The Hall–Kier alpha value is -1.91. The van der Waals surface area contributed by atoms with Crippen molar-refractivity contribution >= 4 is 17.9 Å². The van der Waals surface area contributed by atoms with Crippen LogP contribution in [0.1, 0.15) is 34.0 Å². The molecule has 1 aromatic heterocycles. The number of benzene rings is 1. The SMILES string of the molecule is Cc1cc(O)ccc1C1CCN(C)C1.O=Cc1ncccc1Cl. The molecule has 0 amide bonds. The van der Waals surface area contributed by atoms with Crippen molar-refractivity contribution in [1.82, 2.24) is 9.88 Å². The van der Waals surface area contributed by atoms with E-state index in [9.17, 15) is 9.90 Å². The molecule has 0 bridgehead atoms. The van der Waals surface area contributed by atoms with E-state index in [2.05, 4.69) is 29.9 Å². The van der Waals surface area contributed by atoms with E-state index in [0.717, 1.165) is 6.54 Å². The molecular weight excluding hydrogens is 312 g/mol. The highest BCUT2D eigenvalue weighted by molar-refractivity contribution is 6.32. The molecule has 1 aromatic carbocycles. The molecule has 3 rings (SSSR count). The van der Waals surface area contributed by atoms with Gasteiger partial charge in [0.25, 0.3) is 0 Å². The van der Waals surface area contributed by atoms with Crippen molar-refractivity contribution in [2.75, 3.05) is 20.1 Å². The third-order valence-corrected chi connectivity index (χ3v) is 4.30. The zero-order valence-electron chi connectivity index (χ0n) is 13.4. The van der Waals surface area contributed by atoms with Crippen LogP contribution in [0.3, 0.4) is 0 Å². The van der Waals surface area contributed by atoms with Crippen LogP contribution < -0.4 is 0 Å². The van der Waals surface area contributed by atoms with E-state index in [1.807, 2.05) is 6.07 Å². The number of pyridine rings is 1. The fourth-order valence-electron chi connectivity index (χ4n) is 2.79. The maximum atomic E-state index is 10.1. The van der Waals surface area contributed by atoms with Crippen LogP contribution >= 0.6 is 11.6 Å². The van der Waals surface area contributed by atoms with Gasteiger partial charge in [0.15, 0.2) is 6.29 Å². The van der Waals surface area contributed by atoms with Gasteiger partial charge in [0.1, 0.15) is 11.4 Å². The number of hydrogen-bond donors (Lipinski definition) is 1. The van der Waals surface area contributed by atoms with Crippen LogP contribution in [0.15, 0.2) is 36.5 Å². The van der Waals surface area contributed by atoms with Gasteiger partial charge in [-0.15, -0.1) is 0 Å². The molecule has 1 fully saturated rings. The monoisotopic (exact) mass is 332 g/mol. The molecule has 5 heteroatoms. The summed E-state index contributed by atoms with van der Waals surface area (Å²) in [5, 5.41) is 9.72. The topological polar surface area (TPSA) is 53.4 Å². The summed E-state index contributed by atoms with van der Waals surface area (Å²) in [5.74, 6) is 1.03. The van der Waals surface area contributed by atoms with Crippen molar-refractivity contribution in [2.45, 2.75) is 19.3 Å². The molecule has 1 aliphatic rings. The van der Waals surface area contributed by atoms with E-state index in [4.69, 9.17) is 11.6 Å². The van der Waals surface area contributed by atoms with Crippen LogP contribution in [0, 0.1) is 6.92 Å². The van der Waals surface area contributed by atoms with E-state index in [1.54, 1.807) is 18.2 Å². The largest absolute Gasteiger partial charge is 0.508 e. The number of likely N-dealkylation sites (N-methyl/N-ethyl adjacent to an activating group) is 1. The van der Waals surface area contributed by atoms with Gasteiger partial charge in [0.2, 0.25) is 0 Å². The zero-order chi connectivity index (χ0) is 16.8. The second-order valence-corrected chi connectivity index (χ2v) is 6.18. The molecule has 2 aromatic rings. The molecule has 1 unspecified atom stereocenters. The fourth-order valence-corrected chi connectivity index (χ4v) is 2.96. The molecule has 1 aliphatic heterocycles. The van der Waals surface area contributed by atoms with Gasteiger partial charge in [-0.05, 0) is 68.2 Å². The van der Waals surface area contributed by atoms with Crippen molar-refractivity contribution in [1.29, 1.82) is 0 Å². The molecule has 1 atom stereocenters. The van der Waals surface area contributed by atoms with E-state index < -0.39 is 0 Å². The van der Waals surface area contributed by atoms with Crippen LogP contribution in [0.5, 0.6) is 5.75 Å². The lowest BCUT2D eigenvalue weighted by Gasteiger charge is -2.13. The van der Waals surface area contributed by atoms with Crippen molar-refractivity contribution in [3.8, 4) is 5.75 Å². The second-order valence-electron chi connectivity index (χ2n) is 5.78. The average Bonchev–Trinajstić information content (AvgIpc) is 2.95. The van der Waals surface area contributed by atoms with E-state index in [-0.39, 0.29) is 0 Å². The number of likely N-dealkylation sites (tertiary alicyclic amines) is 1. The van der Waals surface area contributed by atoms with Gasteiger partial charge in [-0.25, -0.2) is 0 Å². The van der Waals surface area contributed by atoms with Gasteiger partial charge in [-0.3, -0.25) is 9.78 Å². The van der Waals surface area contributed by atoms with Gasteiger partial charge >= 0.3 is 0 Å². The highest BCUT2D eigenvalue weighted by Gasteiger charge is 2.22. The van der Waals surface area contributed by atoms with Gasteiger partial charge < -0.3 is 10.0 Å². The molecule has 0 radical (unpaired) electrons. The first-order valence-corrected chi connectivity index (χ1v) is 7.92. The molecule has 2 heterocycles. The number of hydrogen-bond acceptors (Lipinski definition) is 4. The predicted octanol–water partition coefficient (Wildman–Crippen LogP) is 3.67. The smallest absolute Gasteiger partial charge is 0.169 e. The summed E-state index contributed by atoms with van der Waals surface area (Å²) >= 11 is 5.53. The number of carbonyl (C=O) groups excluding carboxylic acids is 1. The summed E-state index contributed by atoms with van der Waals surface area (Å²) in [7, 11) is 2.16. The van der Waals surface area contributed by atoms with Crippen molar-refractivity contribution in [3.63, 3.8) is 0 Å². The van der Waals surface area contributed by atoms with Crippen molar-refractivity contribution in [3.05, 3.63) is 58.4 Å². The number of phenolic OH excluding ortho intramolecular Hbond substituents is 1. The molecule has 23 heavy (non-hydrogen) atoms. The van der Waals surface area contributed by atoms with Crippen LogP contribution in [-0.2, 0) is 0 Å². The lowest BCUT2D eigenvalue weighted by molar-refractivity contribution is 0.111. The molecule has 0 aliphatic carbocycles. The molecule has 4 nitrogen and oxygen atoms in total. The number of halogens is 1. The lowest BCUT2D eigenvalue weighted by atomic mass is 9.94. The number of aryl methyl sites for hydroxylation is 1. The number of aromatic nitrogens is 1. The van der Waals surface area contributed by atoms with Crippen LogP contribution in [0.4, 0.5) is 0 Å². The molecule has 1 N–H and O–H groups in total. The minimum Gasteiger partial charge on any atom is -0.508 e.